The first-order valence-electron chi connectivity index (χ1n) is 12.5. The van der Waals surface area contributed by atoms with Crippen molar-refractivity contribution in [3.8, 4) is 11.1 Å². The third-order valence-electron chi connectivity index (χ3n) is 7.60. The summed E-state index contributed by atoms with van der Waals surface area (Å²) in [7, 11) is -1.81. The zero-order valence-corrected chi connectivity index (χ0v) is 21.3. The Morgan fingerprint density at radius 3 is 2.23 bits per heavy atom. The number of fused-ring (bicyclic) bond motifs is 1. The van der Waals surface area contributed by atoms with Crippen LogP contribution in [-0.2, 0) is 14.8 Å². The van der Waals surface area contributed by atoms with E-state index < -0.39 is 10.0 Å². The zero-order chi connectivity index (χ0) is 24.4. The second-order valence-electron chi connectivity index (χ2n) is 9.68. The summed E-state index contributed by atoms with van der Waals surface area (Å²) in [5.74, 6) is 0.229. The molecule has 5 rings (SSSR count). The SMILES string of the molecule is COC[C@@H]1C(c2ccc(-c3ccccc3)cc2)[C@@H]2CN(S(=O)(=O)c3ccccc3C)CCCCN12. The molecule has 0 bridgehead atoms. The van der Waals surface area contributed by atoms with Gasteiger partial charge in [-0.3, -0.25) is 4.90 Å². The van der Waals surface area contributed by atoms with Gasteiger partial charge in [-0.25, -0.2) is 8.42 Å². The summed E-state index contributed by atoms with van der Waals surface area (Å²) in [4.78, 5) is 2.89. The molecule has 0 N–H and O–H groups in total. The van der Waals surface area contributed by atoms with Gasteiger partial charge in [0.05, 0.1) is 11.5 Å². The molecule has 3 aromatic carbocycles. The molecular weight excluding hydrogens is 456 g/mol. The number of ether oxygens (including phenoxy) is 1. The van der Waals surface area contributed by atoms with Gasteiger partial charge in [0.15, 0.2) is 0 Å². The molecule has 3 aromatic rings. The second kappa shape index (κ2) is 10.2. The average molecular weight is 491 g/mol. The van der Waals surface area contributed by atoms with Crippen molar-refractivity contribution in [3.05, 3.63) is 90.0 Å². The highest BCUT2D eigenvalue weighted by molar-refractivity contribution is 7.89. The molecule has 0 aliphatic carbocycles. The minimum absolute atomic E-state index is 0.136. The van der Waals surface area contributed by atoms with E-state index in [2.05, 4.69) is 53.4 Å². The highest BCUT2D eigenvalue weighted by Gasteiger charge is 2.50. The van der Waals surface area contributed by atoms with Crippen molar-refractivity contribution in [2.75, 3.05) is 33.4 Å². The number of methoxy groups -OCH3 is 1. The minimum Gasteiger partial charge on any atom is -0.383 e. The lowest BCUT2D eigenvalue weighted by Gasteiger charge is -2.57. The monoisotopic (exact) mass is 490 g/mol. The van der Waals surface area contributed by atoms with Crippen LogP contribution in [0.25, 0.3) is 11.1 Å². The first kappa shape index (κ1) is 24.2. The van der Waals surface area contributed by atoms with E-state index in [1.165, 1.54) is 16.7 Å². The molecule has 2 aliphatic rings. The van der Waals surface area contributed by atoms with Crippen molar-refractivity contribution in [2.24, 2.45) is 0 Å². The summed E-state index contributed by atoms with van der Waals surface area (Å²) < 4.78 is 34.7. The molecule has 3 atom stereocenters. The molecule has 0 aromatic heterocycles. The minimum atomic E-state index is -3.56. The largest absolute Gasteiger partial charge is 0.383 e. The van der Waals surface area contributed by atoms with Gasteiger partial charge in [-0.1, -0.05) is 72.8 Å². The Hall–Kier alpha value is -2.51. The van der Waals surface area contributed by atoms with E-state index in [-0.39, 0.29) is 18.0 Å². The first-order chi connectivity index (χ1) is 17.0. The molecule has 184 valence electrons. The number of hydrogen-bond donors (Lipinski definition) is 0. The van der Waals surface area contributed by atoms with Crippen molar-refractivity contribution in [1.82, 2.24) is 9.21 Å². The molecule has 2 heterocycles. The van der Waals surface area contributed by atoms with Crippen LogP contribution >= 0.6 is 0 Å². The summed E-state index contributed by atoms with van der Waals surface area (Å²) in [6.07, 6.45) is 1.85. The molecule has 2 aliphatic heterocycles. The number of aryl methyl sites for hydroxylation is 1. The van der Waals surface area contributed by atoms with Crippen LogP contribution in [0.1, 0.15) is 29.9 Å². The summed E-state index contributed by atoms with van der Waals surface area (Å²) in [5.41, 5.74) is 4.44. The summed E-state index contributed by atoms with van der Waals surface area (Å²) >= 11 is 0. The second-order valence-corrected chi connectivity index (χ2v) is 11.6. The van der Waals surface area contributed by atoms with Gasteiger partial charge >= 0.3 is 0 Å². The Bertz CT molecular complexity index is 1240. The predicted octanol–water partition coefficient (Wildman–Crippen LogP) is 4.93. The van der Waals surface area contributed by atoms with Crippen molar-refractivity contribution in [2.45, 2.75) is 42.7 Å². The lowest BCUT2D eigenvalue weighted by molar-refractivity contribution is -0.0635. The standard InChI is InChI=1S/C29H34N2O3S/c1-22-10-6-7-13-28(22)35(32,33)30-18-8-9-19-31-26(20-30)29(27(31)21-34-2)25-16-14-24(15-17-25)23-11-4-3-5-12-23/h3-7,10-17,26-27,29H,8-9,18-21H2,1-2H3/t26-,27+,29?/m0/s1. The normalized spacial score (nSPS) is 23.7. The fourth-order valence-corrected chi connectivity index (χ4v) is 7.51. The molecule has 35 heavy (non-hydrogen) atoms. The first-order valence-corrected chi connectivity index (χ1v) is 13.9. The van der Waals surface area contributed by atoms with Crippen LogP contribution in [0.15, 0.2) is 83.8 Å². The van der Waals surface area contributed by atoms with Gasteiger partial charge in [0, 0.05) is 38.2 Å². The summed E-state index contributed by atoms with van der Waals surface area (Å²) in [6.45, 7) is 4.57. The van der Waals surface area contributed by atoms with Gasteiger partial charge in [-0.05, 0) is 54.6 Å². The number of benzene rings is 3. The molecule has 6 heteroatoms. The van der Waals surface area contributed by atoms with E-state index in [4.69, 9.17) is 4.74 Å². The molecule has 0 saturated carbocycles. The third kappa shape index (κ3) is 4.68. The highest BCUT2D eigenvalue weighted by atomic mass is 32.2. The van der Waals surface area contributed by atoms with Crippen molar-refractivity contribution < 1.29 is 13.2 Å². The van der Waals surface area contributed by atoms with Crippen LogP contribution in [0.4, 0.5) is 0 Å². The Morgan fingerprint density at radius 1 is 0.857 bits per heavy atom. The van der Waals surface area contributed by atoms with Crippen LogP contribution < -0.4 is 0 Å². The van der Waals surface area contributed by atoms with E-state index in [9.17, 15) is 8.42 Å². The summed E-state index contributed by atoms with van der Waals surface area (Å²) in [6, 6.07) is 26.9. The van der Waals surface area contributed by atoms with Crippen LogP contribution in [0, 0.1) is 6.92 Å². The fourth-order valence-electron chi connectivity index (χ4n) is 5.79. The predicted molar refractivity (Wildman–Crippen MR) is 140 cm³/mol. The molecule has 1 unspecified atom stereocenters. The zero-order valence-electron chi connectivity index (χ0n) is 20.5. The van der Waals surface area contributed by atoms with E-state index in [1.807, 2.05) is 31.2 Å². The van der Waals surface area contributed by atoms with Crippen molar-refractivity contribution in [3.63, 3.8) is 0 Å². The van der Waals surface area contributed by atoms with E-state index in [0.717, 1.165) is 24.9 Å². The number of rotatable bonds is 6. The molecule has 5 nitrogen and oxygen atoms in total. The van der Waals surface area contributed by atoms with Crippen molar-refractivity contribution >= 4 is 10.0 Å². The smallest absolute Gasteiger partial charge is 0.243 e. The Morgan fingerprint density at radius 2 is 1.51 bits per heavy atom. The average Bonchev–Trinajstić information content (AvgIpc) is 2.86. The summed E-state index contributed by atoms with van der Waals surface area (Å²) in [5, 5.41) is 0. The molecule has 0 spiro atoms. The molecule has 0 radical (unpaired) electrons. The van der Waals surface area contributed by atoms with Gasteiger partial charge in [-0.15, -0.1) is 0 Å². The Labute approximate surface area is 209 Å². The van der Waals surface area contributed by atoms with Crippen LogP contribution in [0.5, 0.6) is 0 Å². The molecule has 2 saturated heterocycles. The molecule has 0 amide bonds. The maximum atomic E-state index is 13.7. The van der Waals surface area contributed by atoms with Gasteiger partial charge in [-0.2, -0.15) is 4.31 Å². The Balaban J connectivity index is 1.45. The number of nitrogens with zero attached hydrogens (tertiary/aromatic N) is 2. The van der Waals surface area contributed by atoms with E-state index in [0.29, 0.717) is 24.6 Å². The molecule has 2 fully saturated rings. The van der Waals surface area contributed by atoms with E-state index >= 15 is 0 Å². The quantitative estimate of drug-likeness (QED) is 0.492. The van der Waals surface area contributed by atoms with Crippen LogP contribution in [0.3, 0.4) is 0 Å². The number of sulfonamides is 1. The Kier molecular flexibility index (Phi) is 7.07. The van der Waals surface area contributed by atoms with Gasteiger partial charge in [0.1, 0.15) is 0 Å². The maximum absolute atomic E-state index is 13.7. The maximum Gasteiger partial charge on any atom is 0.243 e. The van der Waals surface area contributed by atoms with Gasteiger partial charge in [0.2, 0.25) is 10.0 Å². The third-order valence-corrected chi connectivity index (χ3v) is 9.62. The fraction of sp³-hybridized carbons (Fsp3) is 0.379. The van der Waals surface area contributed by atoms with E-state index in [1.54, 1.807) is 17.5 Å². The number of hydrogen-bond acceptors (Lipinski definition) is 4. The van der Waals surface area contributed by atoms with Crippen molar-refractivity contribution in [1.29, 1.82) is 0 Å². The topological polar surface area (TPSA) is 49.9 Å². The van der Waals surface area contributed by atoms with Gasteiger partial charge < -0.3 is 4.74 Å². The lowest BCUT2D eigenvalue weighted by Crippen LogP contribution is -2.68. The lowest BCUT2D eigenvalue weighted by atomic mass is 9.74. The van der Waals surface area contributed by atoms with Crippen LogP contribution in [0.2, 0.25) is 0 Å². The van der Waals surface area contributed by atoms with Crippen LogP contribution in [-0.4, -0.2) is 63.1 Å². The van der Waals surface area contributed by atoms with Gasteiger partial charge in [0.25, 0.3) is 0 Å². The highest BCUT2D eigenvalue weighted by Crippen LogP contribution is 2.43. The molecular formula is C29H34N2O3S.